The van der Waals surface area contributed by atoms with Gasteiger partial charge in [0.2, 0.25) is 5.91 Å². The van der Waals surface area contributed by atoms with E-state index in [2.05, 4.69) is 0 Å². The number of carbonyl (C=O) groups excluding carboxylic acids is 3. The Morgan fingerprint density at radius 3 is 2.31 bits per heavy atom. The van der Waals surface area contributed by atoms with E-state index in [4.69, 9.17) is 26.8 Å². The first-order valence-corrected chi connectivity index (χ1v) is 11.8. The summed E-state index contributed by atoms with van der Waals surface area (Å²) < 4.78 is 34.9. The van der Waals surface area contributed by atoms with Gasteiger partial charge in [-0.05, 0) is 29.3 Å². The minimum absolute atomic E-state index is 0.0124. The lowest BCUT2D eigenvalue weighted by atomic mass is 10.00. The van der Waals surface area contributed by atoms with E-state index in [1.807, 2.05) is 0 Å². The van der Waals surface area contributed by atoms with Gasteiger partial charge in [-0.25, -0.2) is 8.42 Å². The number of sulfone groups is 1. The summed E-state index contributed by atoms with van der Waals surface area (Å²) in [5.41, 5.74) is 5.66. The van der Waals surface area contributed by atoms with E-state index in [9.17, 15) is 22.8 Å². The van der Waals surface area contributed by atoms with Gasteiger partial charge in [0.05, 0.1) is 37.1 Å². The van der Waals surface area contributed by atoms with Crippen LogP contribution in [0.15, 0.2) is 36.4 Å². The number of primary amides is 1. The topological polar surface area (TPSA) is 133 Å². The summed E-state index contributed by atoms with van der Waals surface area (Å²) in [7, 11) is -0.785. The quantitative estimate of drug-likeness (QED) is 0.450. The molecule has 0 saturated heterocycles. The second kappa shape index (κ2) is 8.79. The first-order chi connectivity index (χ1) is 15.0. The number of amides is 3. The van der Waals surface area contributed by atoms with Gasteiger partial charge in [-0.2, -0.15) is 0 Å². The van der Waals surface area contributed by atoms with Crippen LogP contribution >= 0.6 is 11.6 Å². The zero-order chi connectivity index (χ0) is 23.8. The van der Waals surface area contributed by atoms with Gasteiger partial charge in [0.15, 0.2) is 11.5 Å². The smallest absolute Gasteiger partial charge is 0.262 e. The molecule has 170 valence electrons. The Hall–Kier alpha value is -3.11. The highest BCUT2D eigenvalue weighted by Gasteiger charge is 2.44. The molecule has 0 bridgehead atoms. The fourth-order valence-corrected chi connectivity index (χ4v) is 4.74. The highest BCUT2D eigenvalue weighted by atomic mass is 35.5. The molecule has 2 unspecified atom stereocenters. The van der Waals surface area contributed by atoms with Crippen LogP contribution in [0.5, 0.6) is 11.5 Å². The number of nitrogens with zero attached hydrogens (tertiary/aromatic N) is 1. The van der Waals surface area contributed by atoms with E-state index in [1.54, 1.807) is 12.1 Å². The maximum Gasteiger partial charge on any atom is 0.262 e. The summed E-state index contributed by atoms with van der Waals surface area (Å²) in [5.74, 6) is -2.18. The Kier molecular flexibility index (Phi) is 6.47. The van der Waals surface area contributed by atoms with Gasteiger partial charge in [-0.15, -0.1) is 11.6 Å². The highest BCUT2D eigenvalue weighted by molar-refractivity contribution is 7.90. The van der Waals surface area contributed by atoms with Gasteiger partial charge in [0.1, 0.15) is 15.2 Å². The van der Waals surface area contributed by atoms with E-state index < -0.39 is 44.7 Å². The van der Waals surface area contributed by atoms with Crippen LogP contribution in [-0.2, 0) is 14.6 Å². The molecule has 0 aromatic heterocycles. The predicted octanol–water partition coefficient (Wildman–Crippen LogP) is 1.85. The lowest BCUT2D eigenvalue weighted by molar-refractivity contribution is -0.117. The molecule has 0 aliphatic carbocycles. The van der Waals surface area contributed by atoms with Crippen molar-refractivity contribution in [2.45, 2.75) is 11.4 Å². The first kappa shape index (κ1) is 23.6. The number of rotatable bonds is 8. The number of carbonyl (C=O) groups is 3. The van der Waals surface area contributed by atoms with Crippen molar-refractivity contribution in [2.24, 2.45) is 5.73 Å². The number of methoxy groups -OCH3 is 2. The van der Waals surface area contributed by atoms with Gasteiger partial charge in [-0.1, -0.05) is 18.2 Å². The summed E-state index contributed by atoms with van der Waals surface area (Å²) in [5, 5.41) is -1.34. The molecule has 1 aliphatic rings. The molecule has 2 N–H and O–H groups in total. The number of hydrogen-bond acceptors (Lipinski definition) is 7. The molecule has 1 heterocycles. The average molecular weight is 481 g/mol. The Bertz CT molecular complexity index is 1210. The summed E-state index contributed by atoms with van der Waals surface area (Å²) in [4.78, 5) is 39.1. The van der Waals surface area contributed by atoms with Gasteiger partial charge in [-0.3, -0.25) is 19.3 Å². The second-order valence-corrected chi connectivity index (χ2v) is 9.86. The van der Waals surface area contributed by atoms with Crippen molar-refractivity contribution < 1.29 is 32.3 Å². The van der Waals surface area contributed by atoms with Crippen molar-refractivity contribution in [3.05, 3.63) is 58.7 Å². The molecule has 3 amide bonds. The third-order valence-corrected chi connectivity index (χ3v) is 6.44. The molecule has 32 heavy (non-hydrogen) atoms. The molecule has 0 spiro atoms. The molecule has 2 atom stereocenters. The van der Waals surface area contributed by atoms with Gasteiger partial charge < -0.3 is 15.2 Å². The minimum Gasteiger partial charge on any atom is -0.493 e. The normalized spacial score (nSPS) is 15.3. The molecular formula is C21H21ClN2O7S. The number of fused-ring (bicyclic) bond motifs is 1. The SMILES string of the molecule is COc1ccc(C(CS(C)(=O)=O)N2C(=O)c3cccc(C(Cl)C(N)=O)c3C2=O)cc1OC. The predicted molar refractivity (Wildman–Crippen MR) is 117 cm³/mol. The van der Waals surface area contributed by atoms with Crippen molar-refractivity contribution in [3.8, 4) is 11.5 Å². The van der Waals surface area contributed by atoms with E-state index >= 15 is 0 Å². The number of imide groups is 1. The molecule has 0 saturated carbocycles. The van der Waals surface area contributed by atoms with Crippen LogP contribution in [0.2, 0.25) is 0 Å². The van der Waals surface area contributed by atoms with Gasteiger partial charge >= 0.3 is 0 Å². The van der Waals surface area contributed by atoms with Crippen LogP contribution in [0.3, 0.4) is 0 Å². The van der Waals surface area contributed by atoms with Crippen molar-refractivity contribution in [3.63, 3.8) is 0 Å². The van der Waals surface area contributed by atoms with E-state index in [0.717, 1.165) is 11.2 Å². The lowest BCUT2D eigenvalue weighted by Crippen LogP contribution is -2.38. The lowest BCUT2D eigenvalue weighted by Gasteiger charge is -2.26. The molecule has 0 fully saturated rings. The number of benzene rings is 2. The fourth-order valence-electron chi connectivity index (χ4n) is 3.64. The van der Waals surface area contributed by atoms with Crippen LogP contribution in [0, 0.1) is 0 Å². The van der Waals surface area contributed by atoms with Crippen molar-refractivity contribution in [1.29, 1.82) is 0 Å². The van der Waals surface area contributed by atoms with Crippen molar-refractivity contribution in [2.75, 3.05) is 26.2 Å². The monoisotopic (exact) mass is 480 g/mol. The molecule has 3 rings (SSSR count). The third-order valence-electron chi connectivity index (χ3n) is 5.07. The fraction of sp³-hybridized carbons (Fsp3) is 0.286. The Balaban J connectivity index is 2.16. The molecular weight excluding hydrogens is 460 g/mol. The van der Waals surface area contributed by atoms with Crippen LogP contribution < -0.4 is 15.2 Å². The second-order valence-electron chi connectivity index (χ2n) is 7.24. The Morgan fingerprint density at radius 2 is 1.75 bits per heavy atom. The summed E-state index contributed by atoms with van der Waals surface area (Å²) in [6, 6.07) is 7.76. The molecule has 2 aromatic rings. The number of halogens is 1. The zero-order valence-electron chi connectivity index (χ0n) is 17.5. The number of hydrogen-bond donors (Lipinski definition) is 1. The van der Waals surface area contributed by atoms with E-state index in [-0.39, 0.29) is 16.7 Å². The Labute approximate surface area is 190 Å². The molecule has 9 nitrogen and oxygen atoms in total. The van der Waals surface area contributed by atoms with Crippen LogP contribution in [0.25, 0.3) is 0 Å². The highest BCUT2D eigenvalue weighted by Crippen LogP contribution is 2.39. The van der Waals surface area contributed by atoms with Crippen molar-refractivity contribution >= 4 is 39.2 Å². The van der Waals surface area contributed by atoms with Crippen LogP contribution in [0.4, 0.5) is 0 Å². The van der Waals surface area contributed by atoms with Crippen LogP contribution in [0.1, 0.15) is 43.3 Å². The third kappa shape index (κ3) is 4.28. The summed E-state index contributed by atoms with van der Waals surface area (Å²) in [6.45, 7) is 0. The standard InChI is InChI=1S/C21H21ClN2O7S/c1-30-15-8-7-11(9-16(15)31-2)14(10-32(3,28)29)24-20(26)13-6-4-5-12(17(13)21(24)27)18(22)19(23)25/h4-9,14,18H,10H2,1-3H3,(H2,23,25). The summed E-state index contributed by atoms with van der Waals surface area (Å²) in [6.07, 6.45) is 1.01. The van der Waals surface area contributed by atoms with Crippen LogP contribution in [-0.4, -0.2) is 57.3 Å². The molecule has 2 aromatic carbocycles. The largest absolute Gasteiger partial charge is 0.493 e. The number of nitrogens with two attached hydrogens (primary N) is 1. The van der Waals surface area contributed by atoms with Gasteiger partial charge in [0, 0.05) is 6.26 Å². The average Bonchev–Trinajstić information content (AvgIpc) is 3.00. The first-order valence-electron chi connectivity index (χ1n) is 9.34. The van der Waals surface area contributed by atoms with E-state index in [0.29, 0.717) is 17.1 Å². The molecule has 1 aliphatic heterocycles. The minimum atomic E-state index is -3.64. The summed E-state index contributed by atoms with van der Waals surface area (Å²) >= 11 is 6.08. The zero-order valence-corrected chi connectivity index (χ0v) is 19.1. The van der Waals surface area contributed by atoms with Gasteiger partial charge in [0.25, 0.3) is 11.8 Å². The van der Waals surface area contributed by atoms with E-state index in [1.165, 1.54) is 38.5 Å². The Morgan fingerprint density at radius 1 is 1.09 bits per heavy atom. The van der Waals surface area contributed by atoms with Crippen molar-refractivity contribution in [1.82, 2.24) is 4.90 Å². The maximum atomic E-state index is 13.4. The molecule has 11 heteroatoms. The maximum absolute atomic E-state index is 13.4. The number of alkyl halides is 1. The number of ether oxygens (including phenoxy) is 2. The molecule has 0 radical (unpaired) electrons.